The zero-order valence-electron chi connectivity index (χ0n) is 15.7. The Morgan fingerprint density at radius 1 is 1.14 bits per heavy atom. The molecule has 2 aromatic rings. The van der Waals surface area contributed by atoms with Crippen molar-refractivity contribution in [2.24, 2.45) is 0 Å². The molecule has 7 heteroatoms. The third-order valence-electron chi connectivity index (χ3n) is 4.41. The molecule has 1 fully saturated rings. The van der Waals surface area contributed by atoms with Crippen LogP contribution in [0.4, 0.5) is 5.69 Å². The van der Waals surface area contributed by atoms with Gasteiger partial charge in [0, 0.05) is 10.6 Å². The van der Waals surface area contributed by atoms with E-state index in [2.05, 4.69) is 19.2 Å². The lowest BCUT2D eigenvalue weighted by molar-refractivity contribution is -0.122. The van der Waals surface area contributed by atoms with Gasteiger partial charge in [0.05, 0.1) is 12.8 Å². The van der Waals surface area contributed by atoms with Gasteiger partial charge in [-0.1, -0.05) is 37.6 Å². The number of benzene rings is 2. The fourth-order valence-corrected chi connectivity index (χ4v) is 3.34. The SMILES string of the molecule is COc1ccc(Cl)cc1/C=C1\C(=O)NC(=S)N(c2ccc(C(C)C)cc2)C1=O. The third kappa shape index (κ3) is 3.93. The summed E-state index contributed by atoms with van der Waals surface area (Å²) in [6, 6.07) is 12.5. The molecule has 0 saturated carbocycles. The molecular weight excluding hydrogens is 396 g/mol. The maximum Gasteiger partial charge on any atom is 0.270 e. The molecule has 3 rings (SSSR count). The normalized spacial score (nSPS) is 16.0. The minimum absolute atomic E-state index is 0.0440. The molecule has 0 aliphatic carbocycles. The Morgan fingerprint density at radius 2 is 1.82 bits per heavy atom. The Labute approximate surface area is 173 Å². The lowest BCUT2D eigenvalue weighted by atomic mass is 10.0. The number of rotatable bonds is 4. The summed E-state index contributed by atoms with van der Waals surface area (Å²) < 4.78 is 5.29. The maximum atomic E-state index is 13.1. The molecule has 5 nitrogen and oxygen atoms in total. The highest BCUT2D eigenvalue weighted by Crippen LogP contribution is 2.28. The lowest BCUT2D eigenvalue weighted by Crippen LogP contribution is -2.54. The topological polar surface area (TPSA) is 58.6 Å². The minimum atomic E-state index is -0.563. The number of anilines is 1. The van der Waals surface area contributed by atoms with Crippen LogP contribution in [-0.4, -0.2) is 24.0 Å². The summed E-state index contributed by atoms with van der Waals surface area (Å²) in [6.45, 7) is 4.18. The average Bonchev–Trinajstić information content (AvgIpc) is 2.65. The van der Waals surface area contributed by atoms with Crippen LogP contribution in [0.2, 0.25) is 5.02 Å². The molecule has 0 aromatic heterocycles. The second-order valence-electron chi connectivity index (χ2n) is 6.59. The summed E-state index contributed by atoms with van der Waals surface area (Å²) in [5.41, 5.74) is 2.20. The van der Waals surface area contributed by atoms with E-state index in [1.807, 2.05) is 24.3 Å². The average molecular weight is 415 g/mol. The number of methoxy groups -OCH3 is 1. The monoisotopic (exact) mass is 414 g/mol. The van der Waals surface area contributed by atoms with Crippen LogP contribution >= 0.6 is 23.8 Å². The van der Waals surface area contributed by atoms with Gasteiger partial charge in [-0.05, 0) is 60.1 Å². The van der Waals surface area contributed by atoms with Crippen molar-refractivity contribution in [3.05, 3.63) is 64.2 Å². The number of ether oxygens (including phenoxy) is 1. The Balaban J connectivity index is 2.02. The number of carbonyl (C=O) groups is 2. The van der Waals surface area contributed by atoms with Crippen molar-refractivity contribution in [1.29, 1.82) is 0 Å². The highest BCUT2D eigenvalue weighted by atomic mass is 35.5. The summed E-state index contributed by atoms with van der Waals surface area (Å²) in [6.07, 6.45) is 1.46. The molecule has 144 valence electrons. The van der Waals surface area contributed by atoms with Crippen molar-refractivity contribution in [3.8, 4) is 5.75 Å². The van der Waals surface area contributed by atoms with Gasteiger partial charge in [0.25, 0.3) is 11.8 Å². The number of amides is 2. The molecule has 0 spiro atoms. The zero-order chi connectivity index (χ0) is 20.4. The van der Waals surface area contributed by atoms with E-state index >= 15 is 0 Å². The van der Waals surface area contributed by atoms with Crippen molar-refractivity contribution < 1.29 is 14.3 Å². The van der Waals surface area contributed by atoms with Crippen LogP contribution in [0.3, 0.4) is 0 Å². The van der Waals surface area contributed by atoms with Crippen molar-refractivity contribution in [2.45, 2.75) is 19.8 Å². The van der Waals surface area contributed by atoms with Crippen molar-refractivity contribution in [3.63, 3.8) is 0 Å². The molecule has 1 heterocycles. The molecule has 2 aromatic carbocycles. The summed E-state index contributed by atoms with van der Waals surface area (Å²) in [5.74, 6) is -0.206. The molecule has 0 atom stereocenters. The number of carbonyl (C=O) groups excluding carboxylic acids is 2. The van der Waals surface area contributed by atoms with Crippen LogP contribution in [0.5, 0.6) is 5.75 Å². The molecule has 1 aliphatic rings. The van der Waals surface area contributed by atoms with Gasteiger partial charge in [0.15, 0.2) is 5.11 Å². The van der Waals surface area contributed by atoms with Gasteiger partial charge in [0.1, 0.15) is 11.3 Å². The van der Waals surface area contributed by atoms with Crippen LogP contribution in [0.1, 0.15) is 30.9 Å². The van der Waals surface area contributed by atoms with Gasteiger partial charge in [-0.25, -0.2) is 0 Å². The number of hydrogen-bond acceptors (Lipinski definition) is 4. The molecule has 1 aliphatic heterocycles. The Kier molecular flexibility index (Phi) is 5.82. The van der Waals surface area contributed by atoms with E-state index in [-0.39, 0.29) is 10.7 Å². The van der Waals surface area contributed by atoms with Gasteiger partial charge >= 0.3 is 0 Å². The van der Waals surface area contributed by atoms with Crippen LogP contribution in [0.15, 0.2) is 48.0 Å². The first-order valence-corrected chi connectivity index (χ1v) is 9.45. The number of thiocarbonyl (C=S) groups is 1. The first-order valence-electron chi connectivity index (χ1n) is 8.66. The summed E-state index contributed by atoms with van der Waals surface area (Å²) in [4.78, 5) is 26.8. The summed E-state index contributed by atoms with van der Waals surface area (Å²) >= 11 is 11.3. The van der Waals surface area contributed by atoms with E-state index in [1.165, 1.54) is 18.1 Å². The largest absolute Gasteiger partial charge is 0.496 e. The van der Waals surface area contributed by atoms with E-state index in [0.29, 0.717) is 27.9 Å². The number of halogens is 1. The fraction of sp³-hybridized carbons (Fsp3) is 0.190. The van der Waals surface area contributed by atoms with Crippen molar-refractivity contribution in [2.75, 3.05) is 12.0 Å². The first-order chi connectivity index (χ1) is 13.3. The minimum Gasteiger partial charge on any atom is -0.496 e. The Morgan fingerprint density at radius 3 is 2.43 bits per heavy atom. The molecule has 28 heavy (non-hydrogen) atoms. The number of nitrogens with one attached hydrogen (secondary N) is 1. The second-order valence-corrected chi connectivity index (χ2v) is 7.41. The van der Waals surface area contributed by atoms with E-state index in [9.17, 15) is 9.59 Å². The maximum absolute atomic E-state index is 13.1. The molecule has 2 amide bonds. The Bertz CT molecular complexity index is 984. The second kappa shape index (κ2) is 8.12. The smallest absolute Gasteiger partial charge is 0.270 e. The molecule has 0 unspecified atom stereocenters. The summed E-state index contributed by atoms with van der Waals surface area (Å²) in [7, 11) is 1.51. The summed E-state index contributed by atoms with van der Waals surface area (Å²) in [5, 5.41) is 3.08. The quantitative estimate of drug-likeness (QED) is 0.460. The lowest BCUT2D eigenvalue weighted by Gasteiger charge is -2.29. The Hall–Kier alpha value is -2.70. The number of hydrogen-bond donors (Lipinski definition) is 1. The van der Waals surface area contributed by atoms with Gasteiger partial charge < -0.3 is 4.74 Å². The third-order valence-corrected chi connectivity index (χ3v) is 4.93. The molecule has 0 radical (unpaired) electrons. The van der Waals surface area contributed by atoms with Crippen LogP contribution in [0, 0.1) is 0 Å². The van der Waals surface area contributed by atoms with Crippen molar-refractivity contribution in [1.82, 2.24) is 5.32 Å². The van der Waals surface area contributed by atoms with E-state index < -0.39 is 11.8 Å². The highest BCUT2D eigenvalue weighted by molar-refractivity contribution is 7.80. The van der Waals surface area contributed by atoms with Gasteiger partial charge in [-0.3, -0.25) is 19.8 Å². The predicted molar refractivity (Wildman–Crippen MR) is 115 cm³/mol. The van der Waals surface area contributed by atoms with Crippen LogP contribution in [-0.2, 0) is 9.59 Å². The van der Waals surface area contributed by atoms with Crippen molar-refractivity contribution >= 4 is 52.5 Å². The zero-order valence-corrected chi connectivity index (χ0v) is 17.2. The van der Waals surface area contributed by atoms with Gasteiger partial charge in [-0.15, -0.1) is 0 Å². The van der Waals surface area contributed by atoms with Crippen LogP contribution in [0.25, 0.3) is 6.08 Å². The molecule has 0 bridgehead atoms. The molecule has 1 N–H and O–H groups in total. The number of nitrogens with zero attached hydrogens (tertiary/aromatic N) is 1. The highest BCUT2D eigenvalue weighted by Gasteiger charge is 2.34. The van der Waals surface area contributed by atoms with Gasteiger partial charge in [0.2, 0.25) is 0 Å². The molecule has 1 saturated heterocycles. The van der Waals surface area contributed by atoms with E-state index in [4.69, 9.17) is 28.6 Å². The molecular formula is C21H19ClN2O3S. The predicted octanol–water partition coefficient (Wildman–Crippen LogP) is 4.30. The first kappa shape index (κ1) is 20.0. The fourth-order valence-electron chi connectivity index (χ4n) is 2.87. The van der Waals surface area contributed by atoms with E-state index in [1.54, 1.807) is 18.2 Å². The standard InChI is InChI=1S/C21H19ClN2O3S/c1-12(2)13-4-7-16(8-5-13)24-20(26)17(19(25)23-21(24)28)11-14-10-15(22)6-9-18(14)27-3/h4-12H,1-3H3,(H,23,25,28)/b17-11+. The van der Waals surface area contributed by atoms with Gasteiger partial charge in [-0.2, -0.15) is 0 Å². The van der Waals surface area contributed by atoms with E-state index in [0.717, 1.165) is 5.56 Å². The van der Waals surface area contributed by atoms with Crippen LogP contribution < -0.4 is 15.0 Å².